The second kappa shape index (κ2) is 13.2. The third-order valence-electron chi connectivity index (χ3n) is 7.33. The van der Waals surface area contributed by atoms with Crippen molar-refractivity contribution in [2.75, 3.05) is 38.0 Å². The van der Waals surface area contributed by atoms with Crippen molar-refractivity contribution in [1.29, 1.82) is 0 Å². The van der Waals surface area contributed by atoms with Gasteiger partial charge in [0.15, 0.2) is 27.7 Å². The van der Waals surface area contributed by atoms with E-state index in [1.807, 2.05) is 20.8 Å². The van der Waals surface area contributed by atoms with Gasteiger partial charge in [-0.05, 0) is 62.7 Å². The SMILES string of the molecule is CCNCCCc1ccc2c(c1S(=O)(=O)O)Oc1c(c(Cl)c3oc4c(S(=O)(=O)O)c(=NCCNCC)ccc-4nc3c1CC)N2. The van der Waals surface area contributed by atoms with Crippen LogP contribution in [0.4, 0.5) is 11.4 Å². The highest BCUT2D eigenvalue weighted by molar-refractivity contribution is 7.86. The largest absolute Gasteiger partial charge is 0.451 e. The standard InChI is InChI=1S/C29H34ClN5O8S2/c1-4-17-22-27(43-26-19(34-22)11-12-20(29(26)45(39,40)41)33-15-14-32-6-3)21(30)23-24(17)42-25-18(35-23)10-9-16(8-7-13-31-5-2)28(25)44(36,37)38/h9-12,31-32,35H,4-8,13-15H2,1-3H3,(H,36,37,38)(H,39,40,41). The lowest BCUT2D eigenvalue weighted by molar-refractivity contribution is 0.443. The zero-order chi connectivity index (χ0) is 32.5. The van der Waals surface area contributed by atoms with Crippen molar-refractivity contribution in [1.82, 2.24) is 15.6 Å². The summed E-state index contributed by atoms with van der Waals surface area (Å²) in [6.07, 6.45) is 1.33. The average Bonchev–Trinajstić information content (AvgIpc) is 2.98. The van der Waals surface area contributed by atoms with E-state index in [0.717, 1.165) is 6.54 Å². The fourth-order valence-corrected chi connectivity index (χ4v) is 7.26. The number of rotatable bonds is 12. The zero-order valence-corrected chi connectivity index (χ0v) is 27.3. The van der Waals surface area contributed by atoms with Crippen LogP contribution in [0.25, 0.3) is 22.6 Å². The van der Waals surface area contributed by atoms with Crippen molar-refractivity contribution in [3.05, 3.63) is 45.8 Å². The number of aryl methyl sites for hydroxylation is 2. The summed E-state index contributed by atoms with van der Waals surface area (Å²) in [6.45, 7) is 8.62. The number of fused-ring (bicyclic) bond motifs is 4. The Kier molecular flexibility index (Phi) is 9.70. The average molecular weight is 680 g/mol. The molecule has 242 valence electrons. The molecule has 2 aromatic rings. The molecule has 0 atom stereocenters. The van der Waals surface area contributed by atoms with Crippen molar-refractivity contribution in [2.45, 2.75) is 49.8 Å². The molecule has 0 saturated heterocycles. The van der Waals surface area contributed by atoms with E-state index in [9.17, 15) is 25.9 Å². The van der Waals surface area contributed by atoms with Gasteiger partial charge in [0.25, 0.3) is 10.1 Å². The molecule has 0 fully saturated rings. The van der Waals surface area contributed by atoms with Crippen LogP contribution in [0.1, 0.15) is 38.3 Å². The Morgan fingerprint density at radius 1 is 0.956 bits per heavy atom. The quantitative estimate of drug-likeness (QED) is 0.0703. The van der Waals surface area contributed by atoms with Crippen LogP contribution < -0.4 is 26.0 Å². The van der Waals surface area contributed by atoms with Crippen LogP contribution >= 0.6 is 11.6 Å². The van der Waals surface area contributed by atoms with Gasteiger partial charge in [-0.1, -0.05) is 38.4 Å². The van der Waals surface area contributed by atoms with Gasteiger partial charge in [-0.3, -0.25) is 14.1 Å². The minimum atomic E-state index is -4.81. The van der Waals surface area contributed by atoms with Crippen LogP contribution in [0.5, 0.6) is 11.5 Å². The number of nitrogens with zero attached hydrogens (tertiary/aromatic N) is 2. The van der Waals surface area contributed by atoms with Crippen molar-refractivity contribution >= 4 is 54.3 Å². The van der Waals surface area contributed by atoms with Crippen molar-refractivity contribution in [3.8, 4) is 23.0 Å². The molecule has 5 rings (SSSR count). The Morgan fingerprint density at radius 3 is 2.33 bits per heavy atom. The minimum Gasteiger partial charge on any atom is -0.451 e. The Bertz CT molecular complexity index is 2030. The number of likely N-dealkylation sites (N-methyl/N-ethyl adjacent to an activating group) is 1. The van der Waals surface area contributed by atoms with Gasteiger partial charge in [-0.2, -0.15) is 16.8 Å². The lowest BCUT2D eigenvalue weighted by Crippen LogP contribution is -2.21. The maximum atomic E-state index is 12.6. The summed E-state index contributed by atoms with van der Waals surface area (Å²) in [7, 11) is -9.51. The van der Waals surface area contributed by atoms with Gasteiger partial charge in [-0.25, -0.2) is 4.98 Å². The van der Waals surface area contributed by atoms with E-state index in [4.69, 9.17) is 20.8 Å². The van der Waals surface area contributed by atoms with Crippen LogP contribution in [0.15, 0.2) is 43.5 Å². The van der Waals surface area contributed by atoms with Crippen LogP contribution in [0.3, 0.4) is 0 Å². The lowest BCUT2D eigenvalue weighted by atomic mass is 10.0. The molecule has 2 heterocycles. The van der Waals surface area contributed by atoms with E-state index in [1.165, 1.54) is 12.1 Å². The monoisotopic (exact) mass is 679 g/mol. The number of benzene rings is 3. The van der Waals surface area contributed by atoms with E-state index in [2.05, 4.69) is 25.9 Å². The Labute approximate surface area is 265 Å². The van der Waals surface area contributed by atoms with E-state index >= 15 is 0 Å². The third kappa shape index (κ3) is 6.52. The molecule has 0 aromatic heterocycles. The summed E-state index contributed by atoms with van der Waals surface area (Å²) in [5.41, 5.74) is 1.73. The smallest absolute Gasteiger partial charge is 0.300 e. The molecule has 2 aromatic carbocycles. The van der Waals surface area contributed by atoms with Crippen molar-refractivity contribution in [3.63, 3.8) is 0 Å². The van der Waals surface area contributed by atoms with Crippen LogP contribution in [0, 0.1) is 0 Å². The maximum absolute atomic E-state index is 12.6. The second-order valence-electron chi connectivity index (χ2n) is 10.3. The van der Waals surface area contributed by atoms with Gasteiger partial charge < -0.3 is 25.1 Å². The molecule has 5 N–H and O–H groups in total. The van der Waals surface area contributed by atoms with E-state index in [-0.39, 0.29) is 67.2 Å². The van der Waals surface area contributed by atoms with Gasteiger partial charge in [0.1, 0.15) is 26.8 Å². The van der Waals surface area contributed by atoms with E-state index < -0.39 is 25.1 Å². The predicted molar refractivity (Wildman–Crippen MR) is 170 cm³/mol. The second-order valence-corrected chi connectivity index (χ2v) is 13.4. The van der Waals surface area contributed by atoms with Gasteiger partial charge in [-0.15, -0.1) is 0 Å². The normalized spacial score (nSPS) is 13.5. The molecule has 0 amide bonds. The third-order valence-corrected chi connectivity index (χ3v) is 9.56. The van der Waals surface area contributed by atoms with Crippen LogP contribution in [-0.4, -0.2) is 63.6 Å². The first-order valence-corrected chi connectivity index (χ1v) is 17.8. The highest BCUT2D eigenvalue weighted by Gasteiger charge is 2.34. The van der Waals surface area contributed by atoms with Gasteiger partial charge in [0.05, 0.1) is 17.6 Å². The number of nitrogens with one attached hydrogen (secondary N) is 3. The first kappa shape index (κ1) is 33.1. The van der Waals surface area contributed by atoms with Crippen LogP contribution in [0.2, 0.25) is 5.02 Å². The Hall–Kier alpha value is -3.31. The number of anilines is 2. The van der Waals surface area contributed by atoms with Gasteiger partial charge in [0, 0.05) is 12.1 Å². The number of hydrogen-bond donors (Lipinski definition) is 5. The summed E-state index contributed by atoms with van der Waals surface area (Å²) >= 11 is 6.84. The fourth-order valence-electron chi connectivity index (χ4n) is 5.33. The molecule has 0 saturated carbocycles. The fraction of sp³-hybridized carbons (Fsp3) is 0.379. The molecular formula is C29H34ClN5O8S2. The molecule has 0 spiro atoms. The summed E-state index contributed by atoms with van der Waals surface area (Å²) in [4.78, 5) is 8.11. The molecule has 45 heavy (non-hydrogen) atoms. The van der Waals surface area contributed by atoms with Crippen LogP contribution in [-0.2, 0) is 33.1 Å². The Morgan fingerprint density at radius 2 is 1.67 bits per heavy atom. The molecule has 2 aliphatic heterocycles. The molecule has 0 bridgehead atoms. The topological polar surface area (TPSA) is 192 Å². The minimum absolute atomic E-state index is 0.00649. The lowest BCUT2D eigenvalue weighted by Gasteiger charge is -2.28. The molecule has 16 heteroatoms. The summed E-state index contributed by atoms with van der Waals surface area (Å²) in [5, 5.41) is 9.38. The molecule has 13 nitrogen and oxygen atoms in total. The zero-order valence-electron chi connectivity index (χ0n) is 24.9. The number of aromatic nitrogens is 1. The summed E-state index contributed by atoms with van der Waals surface area (Å²) < 4.78 is 83.2. The first-order chi connectivity index (χ1) is 21.4. The van der Waals surface area contributed by atoms with Gasteiger partial charge in [0.2, 0.25) is 0 Å². The van der Waals surface area contributed by atoms with Gasteiger partial charge >= 0.3 is 10.1 Å². The molecule has 0 radical (unpaired) electrons. The number of halogens is 1. The van der Waals surface area contributed by atoms with E-state index in [0.29, 0.717) is 50.0 Å². The highest BCUT2D eigenvalue weighted by Crippen LogP contribution is 2.53. The first-order valence-electron chi connectivity index (χ1n) is 14.5. The number of hydrogen-bond acceptors (Lipinski definition) is 11. The summed E-state index contributed by atoms with van der Waals surface area (Å²) in [5.74, 6) is -0.123. The predicted octanol–water partition coefficient (Wildman–Crippen LogP) is 4.54. The summed E-state index contributed by atoms with van der Waals surface area (Å²) in [6, 6.07) is 6.19. The maximum Gasteiger partial charge on any atom is 0.300 e. The van der Waals surface area contributed by atoms with Crippen molar-refractivity contribution in [2.24, 2.45) is 4.99 Å². The molecular weight excluding hydrogens is 646 g/mol. The molecule has 1 aliphatic carbocycles. The Balaban J connectivity index is 1.71. The molecule has 0 unspecified atom stereocenters. The van der Waals surface area contributed by atoms with E-state index in [1.54, 1.807) is 12.1 Å². The number of ether oxygens (including phenoxy) is 1. The molecule has 3 aliphatic rings. The highest BCUT2D eigenvalue weighted by atomic mass is 35.5. The van der Waals surface area contributed by atoms with Crippen molar-refractivity contribution < 1.29 is 35.1 Å².